The smallest absolute Gasteiger partial charge is 0.226 e. The molecule has 0 unspecified atom stereocenters. The molecule has 4 fully saturated rings. The molecule has 0 aromatic heterocycles. The summed E-state index contributed by atoms with van der Waals surface area (Å²) in [5.74, 6) is 2.72. The summed E-state index contributed by atoms with van der Waals surface area (Å²) in [6, 6.07) is 9.74. The van der Waals surface area contributed by atoms with Gasteiger partial charge in [-0.3, -0.25) is 4.79 Å². The molecule has 0 radical (unpaired) electrons. The maximum absolute atomic E-state index is 12.5. The van der Waals surface area contributed by atoms with Crippen LogP contribution in [0.15, 0.2) is 30.3 Å². The van der Waals surface area contributed by atoms with Gasteiger partial charge in [-0.2, -0.15) is 0 Å². The van der Waals surface area contributed by atoms with Crippen LogP contribution in [0.2, 0.25) is 0 Å². The number of carbonyl (C=O) groups is 1. The van der Waals surface area contributed by atoms with E-state index in [4.69, 9.17) is 12.2 Å². The van der Waals surface area contributed by atoms with Crippen LogP contribution in [0.1, 0.15) is 44.9 Å². The summed E-state index contributed by atoms with van der Waals surface area (Å²) >= 11 is 5.28. The molecule has 122 valence electrons. The normalized spacial score (nSPS) is 34.2. The summed E-state index contributed by atoms with van der Waals surface area (Å²) in [7, 11) is 0. The standard InChI is InChI=1S/C19H24N2OS/c22-17(21-18(23)20-16-4-2-1-3-5-16)12-19-9-13-6-14(10-19)8-15(7-13)11-19/h1-5,13-15H,6-12H2,(H2,20,21,22,23). The molecule has 4 aliphatic rings. The van der Waals surface area contributed by atoms with Gasteiger partial charge in [0.05, 0.1) is 0 Å². The van der Waals surface area contributed by atoms with Crippen molar-refractivity contribution in [3.8, 4) is 0 Å². The number of rotatable bonds is 3. The lowest BCUT2D eigenvalue weighted by molar-refractivity contribution is -0.127. The van der Waals surface area contributed by atoms with E-state index < -0.39 is 0 Å². The van der Waals surface area contributed by atoms with Crippen LogP contribution in [0, 0.1) is 23.2 Å². The Morgan fingerprint density at radius 2 is 1.61 bits per heavy atom. The molecule has 1 aromatic rings. The highest BCUT2D eigenvalue weighted by Crippen LogP contribution is 2.61. The Kier molecular flexibility index (Phi) is 3.88. The lowest BCUT2D eigenvalue weighted by Crippen LogP contribution is -2.48. The second-order valence-corrected chi connectivity index (χ2v) is 8.37. The molecule has 1 amide bonds. The Bertz CT molecular complexity index is 578. The van der Waals surface area contributed by atoms with Crippen LogP contribution < -0.4 is 10.6 Å². The molecule has 2 N–H and O–H groups in total. The highest BCUT2D eigenvalue weighted by atomic mass is 32.1. The van der Waals surface area contributed by atoms with Crippen molar-refractivity contribution in [2.45, 2.75) is 44.9 Å². The first kappa shape index (κ1) is 15.1. The van der Waals surface area contributed by atoms with Crippen molar-refractivity contribution in [3.63, 3.8) is 0 Å². The molecule has 1 aromatic carbocycles. The number of carbonyl (C=O) groups excluding carboxylic acids is 1. The second kappa shape index (κ2) is 5.90. The molecule has 3 nitrogen and oxygen atoms in total. The summed E-state index contributed by atoms with van der Waals surface area (Å²) in [6.07, 6.45) is 8.65. The van der Waals surface area contributed by atoms with Crippen molar-refractivity contribution < 1.29 is 4.79 Å². The van der Waals surface area contributed by atoms with Gasteiger partial charge >= 0.3 is 0 Å². The molecule has 0 heterocycles. The molecule has 0 aliphatic heterocycles. The summed E-state index contributed by atoms with van der Waals surface area (Å²) in [4.78, 5) is 12.5. The fourth-order valence-electron chi connectivity index (χ4n) is 5.70. The molecule has 5 rings (SSSR count). The second-order valence-electron chi connectivity index (χ2n) is 7.96. The minimum Gasteiger partial charge on any atom is -0.332 e. The van der Waals surface area contributed by atoms with Crippen molar-refractivity contribution in [2.75, 3.05) is 5.32 Å². The molecule has 4 bridgehead atoms. The van der Waals surface area contributed by atoms with Crippen molar-refractivity contribution in [3.05, 3.63) is 30.3 Å². The number of nitrogens with one attached hydrogen (secondary N) is 2. The van der Waals surface area contributed by atoms with Gasteiger partial charge in [0.1, 0.15) is 0 Å². The Hall–Kier alpha value is -1.42. The summed E-state index contributed by atoms with van der Waals surface area (Å²) in [6.45, 7) is 0. The third kappa shape index (κ3) is 3.27. The average molecular weight is 328 g/mol. The largest absolute Gasteiger partial charge is 0.332 e. The van der Waals surface area contributed by atoms with Crippen LogP contribution in [-0.2, 0) is 4.79 Å². The molecular formula is C19H24N2OS. The van der Waals surface area contributed by atoms with Crippen molar-refractivity contribution >= 4 is 28.9 Å². The van der Waals surface area contributed by atoms with Crippen LogP contribution in [0.5, 0.6) is 0 Å². The number of anilines is 1. The first-order chi connectivity index (χ1) is 11.1. The number of hydrogen-bond donors (Lipinski definition) is 2. The Morgan fingerprint density at radius 1 is 1.04 bits per heavy atom. The van der Waals surface area contributed by atoms with Crippen LogP contribution in [0.3, 0.4) is 0 Å². The van der Waals surface area contributed by atoms with Gasteiger partial charge in [-0.1, -0.05) is 18.2 Å². The lowest BCUT2D eigenvalue weighted by atomic mass is 9.49. The van der Waals surface area contributed by atoms with E-state index in [2.05, 4.69) is 10.6 Å². The monoisotopic (exact) mass is 328 g/mol. The molecular weight excluding hydrogens is 304 g/mol. The van der Waals surface area contributed by atoms with Gasteiger partial charge in [0.15, 0.2) is 5.11 Å². The predicted octanol–water partition coefficient (Wildman–Crippen LogP) is 4.11. The van der Waals surface area contributed by atoms with Crippen molar-refractivity contribution in [1.29, 1.82) is 0 Å². The van der Waals surface area contributed by atoms with E-state index in [9.17, 15) is 4.79 Å². The summed E-state index contributed by atoms with van der Waals surface area (Å²) in [5.41, 5.74) is 1.17. The molecule has 0 spiro atoms. The molecule has 4 saturated carbocycles. The fraction of sp³-hybridized carbons (Fsp3) is 0.579. The number of thiocarbonyl (C=S) groups is 1. The van der Waals surface area contributed by atoms with Gasteiger partial charge in [-0.15, -0.1) is 0 Å². The van der Waals surface area contributed by atoms with Crippen LogP contribution >= 0.6 is 12.2 Å². The van der Waals surface area contributed by atoms with Crippen molar-refractivity contribution in [2.24, 2.45) is 23.2 Å². The predicted molar refractivity (Wildman–Crippen MR) is 96.0 cm³/mol. The number of para-hydroxylation sites is 1. The number of benzene rings is 1. The highest BCUT2D eigenvalue weighted by Gasteiger charge is 2.51. The van der Waals surface area contributed by atoms with E-state index in [-0.39, 0.29) is 11.3 Å². The van der Waals surface area contributed by atoms with Gasteiger partial charge in [0, 0.05) is 12.1 Å². The van der Waals surface area contributed by atoms with Gasteiger partial charge < -0.3 is 10.6 Å². The van der Waals surface area contributed by atoms with Crippen LogP contribution in [0.4, 0.5) is 5.69 Å². The van der Waals surface area contributed by atoms with Gasteiger partial charge in [-0.25, -0.2) is 0 Å². The van der Waals surface area contributed by atoms with Crippen molar-refractivity contribution in [1.82, 2.24) is 5.32 Å². The third-order valence-corrected chi connectivity index (χ3v) is 6.19. The lowest BCUT2D eigenvalue weighted by Gasteiger charge is -2.56. The van der Waals surface area contributed by atoms with Gasteiger partial charge in [0.2, 0.25) is 5.91 Å². The summed E-state index contributed by atoms with van der Waals surface area (Å²) in [5, 5.41) is 6.37. The first-order valence-corrected chi connectivity index (χ1v) is 9.17. The summed E-state index contributed by atoms with van der Waals surface area (Å²) < 4.78 is 0. The number of amides is 1. The molecule has 4 aliphatic carbocycles. The van der Waals surface area contributed by atoms with E-state index in [1.807, 2.05) is 30.3 Å². The van der Waals surface area contributed by atoms with E-state index in [1.54, 1.807) is 0 Å². The molecule has 4 heteroatoms. The maximum Gasteiger partial charge on any atom is 0.226 e. The first-order valence-electron chi connectivity index (χ1n) is 8.76. The minimum absolute atomic E-state index is 0.0837. The third-order valence-electron chi connectivity index (χ3n) is 5.99. The van der Waals surface area contributed by atoms with E-state index >= 15 is 0 Å². The van der Waals surface area contributed by atoms with E-state index in [1.165, 1.54) is 38.5 Å². The average Bonchev–Trinajstić information content (AvgIpc) is 2.45. The van der Waals surface area contributed by atoms with E-state index in [0.29, 0.717) is 11.5 Å². The van der Waals surface area contributed by atoms with Crippen LogP contribution in [-0.4, -0.2) is 11.0 Å². The highest BCUT2D eigenvalue weighted by molar-refractivity contribution is 7.80. The minimum atomic E-state index is 0.0837. The molecule has 0 saturated heterocycles. The molecule has 23 heavy (non-hydrogen) atoms. The van der Waals surface area contributed by atoms with Crippen LogP contribution in [0.25, 0.3) is 0 Å². The zero-order chi connectivity index (χ0) is 15.9. The molecule has 0 atom stereocenters. The topological polar surface area (TPSA) is 41.1 Å². The Labute approximate surface area is 143 Å². The quantitative estimate of drug-likeness (QED) is 0.821. The fourth-order valence-corrected chi connectivity index (χ4v) is 5.93. The van der Waals surface area contributed by atoms with Gasteiger partial charge in [0.25, 0.3) is 0 Å². The van der Waals surface area contributed by atoms with Gasteiger partial charge in [-0.05, 0) is 86.0 Å². The zero-order valence-electron chi connectivity index (χ0n) is 13.4. The maximum atomic E-state index is 12.5. The number of hydrogen-bond acceptors (Lipinski definition) is 2. The Balaban J connectivity index is 1.34. The SMILES string of the molecule is O=C(CC12CC3CC(CC(C3)C1)C2)NC(=S)Nc1ccccc1. The zero-order valence-corrected chi connectivity index (χ0v) is 14.2. The van der Waals surface area contributed by atoms with E-state index in [0.717, 1.165) is 23.4 Å². The Morgan fingerprint density at radius 3 is 2.17 bits per heavy atom.